The predicted molar refractivity (Wildman–Crippen MR) is 132 cm³/mol. The molecule has 1 N–H and O–H groups in total. The average Bonchev–Trinajstić information content (AvgIpc) is 3.24. The van der Waals surface area contributed by atoms with Crippen molar-refractivity contribution >= 4 is 16.9 Å². The van der Waals surface area contributed by atoms with Gasteiger partial charge in [-0.1, -0.05) is 39.3 Å². The van der Waals surface area contributed by atoms with Crippen LogP contribution >= 0.6 is 0 Å². The Kier molecular flexibility index (Phi) is 6.90. The van der Waals surface area contributed by atoms with Gasteiger partial charge in [-0.3, -0.25) is 23.3 Å². The standard InChI is InChI=1S/C25H30FN5O4/c1-4-7-8-18-21(32)30(15-16-9-11-17(26)12-10-16)24-27-20-19(31(24)22(18)33)23(34)29(14-6-3)25(35)28(20)13-5-2/h9-12,33H,4-8,13-15H2,1-3H3. The maximum atomic E-state index is 13.5. The smallest absolute Gasteiger partial charge is 0.332 e. The summed E-state index contributed by atoms with van der Waals surface area (Å²) in [5.41, 5.74) is -0.433. The van der Waals surface area contributed by atoms with Crippen LogP contribution in [0.4, 0.5) is 4.39 Å². The molecular weight excluding hydrogens is 453 g/mol. The van der Waals surface area contributed by atoms with Crippen LogP contribution in [0.5, 0.6) is 5.88 Å². The van der Waals surface area contributed by atoms with E-state index in [2.05, 4.69) is 4.98 Å². The van der Waals surface area contributed by atoms with Gasteiger partial charge in [-0.15, -0.1) is 0 Å². The van der Waals surface area contributed by atoms with E-state index in [1.165, 1.54) is 25.7 Å². The molecule has 10 heteroatoms. The Bertz CT molecular complexity index is 1560. The summed E-state index contributed by atoms with van der Waals surface area (Å²) in [7, 11) is 0. The van der Waals surface area contributed by atoms with E-state index >= 15 is 0 Å². The molecule has 35 heavy (non-hydrogen) atoms. The Morgan fingerprint density at radius 2 is 1.54 bits per heavy atom. The summed E-state index contributed by atoms with van der Waals surface area (Å²) in [6, 6.07) is 5.75. The van der Waals surface area contributed by atoms with Crippen LogP contribution in [-0.2, 0) is 26.1 Å². The van der Waals surface area contributed by atoms with Gasteiger partial charge in [0.2, 0.25) is 11.7 Å². The molecule has 9 nitrogen and oxygen atoms in total. The van der Waals surface area contributed by atoms with Crippen LogP contribution in [-0.4, -0.2) is 28.2 Å². The Balaban J connectivity index is 2.16. The zero-order valence-corrected chi connectivity index (χ0v) is 20.3. The van der Waals surface area contributed by atoms with Crippen molar-refractivity contribution in [3.8, 4) is 5.88 Å². The number of benzene rings is 1. The molecule has 0 saturated heterocycles. The predicted octanol–water partition coefficient (Wildman–Crippen LogP) is 3.03. The lowest BCUT2D eigenvalue weighted by molar-refractivity contribution is 0.432. The van der Waals surface area contributed by atoms with Crippen molar-refractivity contribution in [2.75, 3.05) is 0 Å². The minimum absolute atomic E-state index is 0.0580. The summed E-state index contributed by atoms with van der Waals surface area (Å²) in [5.74, 6) is -0.673. The largest absolute Gasteiger partial charge is 0.494 e. The maximum Gasteiger partial charge on any atom is 0.332 e. The van der Waals surface area contributed by atoms with Crippen molar-refractivity contribution in [1.82, 2.24) is 23.1 Å². The van der Waals surface area contributed by atoms with Crippen molar-refractivity contribution in [3.63, 3.8) is 0 Å². The highest BCUT2D eigenvalue weighted by Gasteiger charge is 2.25. The number of aromatic nitrogens is 5. The quantitative estimate of drug-likeness (QED) is 0.394. The maximum absolute atomic E-state index is 13.5. The third-order valence-corrected chi connectivity index (χ3v) is 6.16. The van der Waals surface area contributed by atoms with Crippen LogP contribution in [0.3, 0.4) is 0 Å². The Morgan fingerprint density at radius 1 is 0.886 bits per heavy atom. The number of nitrogens with zero attached hydrogens (tertiary/aromatic N) is 5. The first-order valence-corrected chi connectivity index (χ1v) is 12.1. The van der Waals surface area contributed by atoms with E-state index in [1.54, 1.807) is 12.1 Å². The van der Waals surface area contributed by atoms with E-state index in [4.69, 9.17) is 0 Å². The summed E-state index contributed by atoms with van der Waals surface area (Å²) in [6.45, 7) is 6.38. The number of aryl methyl sites for hydroxylation is 1. The lowest BCUT2D eigenvalue weighted by atomic mass is 10.1. The SMILES string of the molecule is CCCCc1c(O)n2c3c(=O)n(CCC)c(=O)n(CCC)c3nc2n(Cc2ccc(F)cc2)c1=O. The lowest BCUT2D eigenvalue weighted by Gasteiger charge is -2.13. The van der Waals surface area contributed by atoms with Gasteiger partial charge in [-0.2, -0.15) is 4.98 Å². The molecule has 0 radical (unpaired) electrons. The molecule has 0 bridgehead atoms. The number of hydrogen-bond acceptors (Lipinski definition) is 5. The molecule has 0 aliphatic carbocycles. The molecule has 0 aliphatic rings. The molecular formula is C25H30FN5O4. The number of fused-ring (bicyclic) bond motifs is 3. The van der Waals surface area contributed by atoms with Gasteiger partial charge in [-0.05, 0) is 43.4 Å². The van der Waals surface area contributed by atoms with Gasteiger partial charge in [0.1, 0.15) is 5.82 Å². The summed E-state index contributed by atoms with van der Waals surface area (Å²) in [4.78, 5) is 44.7. The van der Waals surface area contributed by atoms with E-state index in [1.807, 2.05) is 20.8 Å². The number of hydrogen-bond donors (Lipinski definition) is 1. The molecule has 0 spiro atoms. The Hall–Kier alpha value is -3.69. The molecule has 0 aliphatic heterocycles. The van der Waals surface area contributed by atoms with E-state index in [0.717, 1.165) is 11.0 Å². The summed E-state index contributed by atoms with van der Waals surface area (Å²) < 4.78 is 18.7. The Morgan fingerprint density at radius 3 is 2.17 bits per heavy atom. The van der Waals surface area contributed by atoms with Crippen molar-refractivity contribution < 1.29 is 9.50 Å². The van der Waals surface area contributed by atoms with Crippen LogP contribution in [0.25, 0.3) is 16.9 Å². The van der Waals surface area contributed by atoms with Crippen LogP contribution in [0.2, 0.25) is 0 Å². The highest BCUT2D eigenvalue weighted by molar-refractivity contribution is 5.76. The monoisotopic (exact) mass is 483 g/mol. The van der Waals surface area contributed by atoms with Gasteiger partial charge in [0.15, 0.2) is 11.2 Å². The fourth-order valence-corrected chi connectivity index (χ4v) is 4.43. The third kappa shape index (κ3) is 4.17. The Labute approximate surface area is 200 Å². The van der Waals surface area contributed by atoms with E-state index < -0.39 is 22.6 Å². The van der Waals surface area contributed by atoms with Crippen LogP contribution in [0.15, 0.2) is 38.6 Å². The van der Waals surface area contributed by atoms with Gasteiger partial charge in [0.05, 0.1) is 12.1 Å². The summed E-state index contributed by atoms with van der Waals surface area (Å²) in [6.07, 6.45) is 2.99. The van der Waals surface area contributed by atoms with Crippen molar-refractivity contribution in [1.29, 1.82) is 0 Å². The fourth-order valence-electron chi connectivity index (χ4n) is 4.43. The highest BCUT2D eigenvalue weighted by Crippen LogP contribution is 2.23. The second-order valence-corrected chi connectivity index (χ2v) is 8.73. The van der Waals surface area contributed by atoms with Crippen molar-refractivity contribution in [2.45, 2.75) is 72.5 Å². The van der Waals surface area contributed by atoms with E-state index in [-0.39, 0.29) is 41.5 Å². The lowest BCUT2D eigenvalue weighted by Crippen LogP contribution is -2.40. The summed E-state index contributed by atoms with van der Waals surface area (Å²) in [5, 5.41) is 11.2. The van der Waals surface area contributed by atoms with Crippen molar-refractivity contribution in [2.24, 2.45) is 0 Å². The molecule has 3 aromatic heterocycles. The first kappa shape index (κ1) is 24.4. The zero-order valence-electron chi connectivity index (χ0n) is 20.3. The number of halogens is 1. The number of rotatable bonds is 9. The highest BCUT2D eigenvalue weighted by atomic mass is 19.1. The van der Waals surface area contributed by atoms with Crippen LogP contribution < -0.4 is 16.8 Å². The van der Waals surface area contributed by atoms with Gasteiger partial charge in [0.25, 0.3) is 11.1 Å². The molecule has 4 aromatic rings. The topological polar surface area (TPSA) is 104 Å². The van der Waals surface area contributed by atoms with Gasteiger partial charge >= 0.3 is 5.69 Å². The fraction of sp³-hybridized carbons (Fsp3) is 0.440. The second kappa shape index (κ2) is 9.89. The first-order chi connectivity index (χ1) is 16.8. The zero-order chi connectivity index (χ0) is 25.3. The molecule has 0 fully saturated rings. The van der Waals surface area contributed by atoms with Crippen molar-refractivity contribution in [3.05, 3.63) is 72.4 Å². The molecule has 0 atom stereocenters. The second-order valence-electron chi connectivity index (χ2n) is 8.73. The summed E-state index contributed by atoms with van der Waals surface area (Å²) >= 11 is 0. The molecule has 0 unspecified atom stereocenters. The molecule has 186 valence electrons. The minimum Gasteiger partial charge on any atom is -0.494 e. The molecule has 0 amide bonds. The average molecular weight is 484 g/mol. The minimum atomic E-state index is -0.560. The molecule has 0 saturated carbocycles. The first-order valence-electron chi connectivity index (χ1n) is 12.1. The van der Waals surface area contributed by atoms with Crippen LogP contribution in [0, 0.1) is 5.82 Å². The van der Waals surface area contributed by atoms with Crippen LogP contribution in [0.1, 0.15) is 57.6 Å². The van der Waals surface area contributed by atoms with E-state index in [9.17, 15) is 23.9 Å². The molecule has 1 aromatic carbocycles. The number of unbranched alkanes of at least 4 members (excludes halogenated alkanes) is 1. The molecule has 4 rings (SSSR count). The molecule has 3 heterocycles. The number of aromatic hydroxyl groups is 1. The van der Waals surface area contributed by atoms with E-state index in [0.29, 0.717) is 37.8 Å². The van der Waals surface area contributed by atoms with Gasteiger partial charge in [-0.25, -0.2) is 13.6 Å². The number of imidazole rings is 1. The van der Waals surface area contributed by atoms with Gasteiger partial charge in [0, 0.05) is 13.1 Å². The normalized spacial score (nSPS) is 11.7. The third-order valence-electron chi connectivity index (χ3n) is 6.16. The van der Waals surface area contributed by atoms with Gasteiger partial charge < -0.3 is 5.11 Å².